The van der Waals surface area contributed by atoms with Crippen LogP contribution in [0, 0.1) is 0 Å². The van der Waals surface area contributed by atoms with Gasteiger partial charge >= 0.3 is 5.97 Å². The highest BCUT2D eigenvalue weighted by Gasteiger charge is 2.37. The van der Waals surface area contributed by atoms with Crippen LogP contribution in [0.4, 0.5) is 0 Å². The number of carboxylic acids is 1. The van der Waals surface area contributed by atoms with E-state index in [2.05, 4.69) is 67.7 Å². The van der Waals surface area contributed by atoms with E-state index in [1.807, 2.05) is 0 Å². The zero-order valence-corrected chi connectivity index (χ0v) is 15.3. The van der Waals surface area contributed by atoms with Gasteiger partial charge in [0.25, 0.3) is 0 Å². The summed E-state index contributed by atoms with van der Waals surface area (Å²) in [6.45, 7) is 2.15. The van der Waals surface area contributed by atoms with E-state index in [4.69, 9.17) is 9.84 Å². The maximum absolute atomic E-state index is 10.5. The molecule has 1 aliphatic rings. The summed E-state index contributed by atoms with van der Waals surface area (Å²) in [4.78, 5) is 10.5. The largest absolute Gasteiger partial charge is 0.481 e. The van der Waals surface area contributed by atoms with Crippen molar-refractivity contribution in [2.45, 2.75) is 70.5 Å². The Kier molecular flexibility index (Phi) is 12.3. The van der Waals surface area contributed by atoms with Crippen LogP contribution in [0.3, 0.4) is 0 Å². The van der Waals surface area contributed by atoms with Crippen molar-refractivity contribution < 1.29 is 14.6 Å². The summed E-state index contributed by atoms with van der Waals surface area (Å²) in [6.07, 6.45) is 28.9. The highest BCUT2D eigenvalue weighted by Crippen LogP contribution is 2.29. The van der Waals surface area contributed by atoms with Crippen molar-refractivity contribution in [1.82, 2.24) is 0 Å². The van der Waals surface area contributed by atoms with E-state index < -0.39 is 5.97 Å². The molecule has 1 N–H and O–H groups in total. The quantitative estimate of drug-likeness (QED) is 0.322. The molecule has 0 bridgehead atoms. The Morgan fingerprint density at radius 1 is 0.800 bits per heavy atom. The van der Waals surface area contributed by atoms with E-state index in [1.54, 1.807) is 0 Å². The summed E-state index contributed by atoms with van der Waals surface area (Å²) in [5.41, 5.74) is 0. The normalized spacial score (nSPS) is 20.8. The Balaban J connectivity index is 1.94. The Morgan fingerprint density at radius 3 is 1.76 bits per heavy atom. The lowest BCUT2D eigenvalue weighted by Gasteiger charge is -1.89. The monoisotopic (exact) mass is 344 g/mol. The van der Waals surface area contributed by atoms with E-state index in [0.717, 1.165) is 38.5 Å². The highest BCUT2D eigenvalue weighted by molar-refractivity contribution is 5.66. The van der Waals surface area contributed by atoms with Crippen molar-refractivity contribution >= 4 is 5.97 Å². The van der Waals surface area contributed by atoms with Gasteiger partial charge in [0.15, 0.2) is 0 Å². The molecule has 3 nitrogen and oxygen atoms in total. The molecule has 2 unspecified atom stereocenters. The average molecular weight is 344 g/mol. The van der Waals surface area contributed by atoms with Crippen LogP contribution in [-0.2, 0) is 9.53 Å². The predicted molar refractivity (Wildman–Crippen MR) is 105 cm³/mol. The number of carboxylic acid groups (broad SMARTS) is 1. The summed E-state index contributed by atoms with van der Waals surface area (Å²) >= 11 is 0. The van der Waals surface area contributed by atoms with E-state index >= 15 is 0 Å². The molecule has 1 rings (SSSR count). The second-order valence-electron chi connectivity index (χ2n) is 6.09. The minimum Gasteiger partial charge on any atom is -0.481 e. The topological polar surface area (TPSA) is 49.8 Å². The van der Waals surface area contributed by atoms with E-state index in [-0.39, 0.29) is 18.6 Å². The smallest absolute Gasteiger partial charge is 0.303 e. The first-order chi connectivity index (χ1) is 12.2. The number of epoxide rings is 1. The third-order valence-corrected chi connectivity index (χ3v) is 3.86. The number of hydrogen-bond acceptors (Lipinski definition) is 2. The molecular weight excluding hydrogens is 312 g/mol. The number of carbonyl (C=O) groups is 1. The molecule has 0 aromatic heterocycles. The van der Waals surface area contributed by atoms with Crippen LogP contribution in [0.5, 0.6) is 0 Å². The van der Waals surface area contributed by atoms with Crippen LogP contribution in [0.2, 0.25) is 0 Å². The van der Waals surface area contributed by atoms with Gasteiger partial charge in [0, 0.05) is 6.42 Å². The predicted octanol–water partition coefficient (Wildman–Crippen LogP) is 5.76. The first-order valence-corrected chi connectivity index (χ1v) is 9.36. The first kappa shape index (κ1) is 21.2. The lowest BCUT2D eigenvalue weighted by molar-refractivity contribution is -0.137. The minimum absolute atomic E-state index is 0.151. The summed E-state index contributed by atoms with van der Waals surface area (Å²) in [7, 11) is 0. The molecule has 1 saturated heterocycles. The summed E-state index contributed by atoms with van der Waals surface area (Å²) < 4.78 is 5.44. The second kappa shape index (κ2) is 14.5. The van der Waals surface area contributed by atoms with Gasteiger partial charge in [0.1, 0.15) is 0 Å². The van der Waals surface area contributed by atoms with Gasteiger partial charge in [0.2, 0.25) is 0 Å². The van der Waals surface area contributed by atoms with Crippen LogP contribution < -0.4 is 0 Å². The molecule has 3 heteroatoms. The number of aliphatic carboxylic acids is 1. The molecule has 138 valence electrons. The summed E-state index contributed by atoms with van der Waals surface area (Å²) in [6, 6.07) is 0. The third kappa shape index (κ3) is 13.1. The number of allylic oxidation sites excluding steroid dienone is 9. The van der Waals surface area contributed by atoms with Gasteiger partial charge in [0.05, 0.1) is 12.2 Å². The standard InChI is InChI=1S/C22H32O3/c1-2-3-4-5-6-7-8-9-10-11-12-13-14-15-16-17-20-21(25-20)18-19-22(23)24/h3-4,6-7,9-10,12-13,15-16,20-21H,2,5,8,11,14,17-19H2,1H3,(H,23,24)/b4-3-,7-6-,10-9-,13-12-,16-15-. The van der Waals surface area contributed by atoms with E-state index in [9.17, 15) is 4.79 Å². The van der Waals surface area contributed by atoms with Crippen molar-refractivity contribution in [1.29, 1.82) is 0 Å². The van der Waals surface area contributed by atoms with Crippen LogP contribution >= 0.6 is 0 Å². The molecule has 0 radical (unpaired) electrons. The van der Waals surface area contributed by atoms with Gasteiger partial charge in [-0.15, -0.1) is 0 Å². The van der Waals surface area contributed by atoms with Gasteiger partial charge in [-0.25, -0.2) is 0 Å². The second-order valence-corrected chi connectivity index (χ2v) is 6.09. The molecule has 0 aliphatic carbocycles. The number of hydrogen-bond donors (Lipinski definition) is 1. The SMILES string of the molecule is CC/C=C\C/C=C\C/C=C\C/C=C\C/C=C\CC1OC1CCC(=O)O. The van der Waals surface area contributed by atoms with Crippen molar-refractivity contribution in [3.05, 3.63) is 60.8 Å². The lowest BCUT2D eigenvalue weighted by Crippen LogP contribution is -1.99. The van der Waals surface area contributed by atoms with Gasteiger partial charge in [-0.2, -0.15) is 0 Å². The minimum atomic E-state index is -0.746. The molecule has 1 heterocycles. The molecular formula is C22H32O3. The van der Waals surface area contributed by atoms with Gasteiger partial charge < -0.3 is 9.84 Å². The molecule has 0 spiro atoms. The lowest BCUT2D eigenvalue weighted by atomic mass is 10.1. The molecule has 0 saturated carbocycles. The fraction of sp³-hybridized carbons (Fsp3) is 0.500. The van der Waals surface area contributed by atoms with Gasteiger partial charge in [-0.1, -0.05) is 67.7 Å². The molecule has 0 aromatic rings. The number of ether oxygens (including phenoxy) is 1. The van der Waals surface area contributed by atoms with E-state index in [0.29, 0.717) is 6.42 Å². The van der Waals surface area contributed by atoms with Crippen molar-refractivity contribution in [2.24, 2.45) is 0 Å². The molecule has 25 heavy (non-hydrogen) atoms. The van der Waals surface area contributed by atoms with Crippen LogP contribution in [0.15, 0.2) is 60.8 Å². The highest BCUT2D eigenvalue weighted by atomic mass is 16.6. The Hall–Kier alpha value is -1.87. The molecule has 2 atom stereocenters. The van der Waals surface area contributed by atoms with E-state index in [1.165, 1.54) is 0 Å². The Morgan fingerprint density at radius 2 is 1.28 bits per heavy atom. The van der Waals surface area contributed by atoms with Crippen molar-refractivity contribution in [3.63, 3.8) is 0 Å². The molecule has 0 aromatic carbocycles. The van der Waals surface area contributed by atoms with Crippen molar-refractivity contribution in [3.8, 4) is 0 Å². The molecule has 1 aliphatic heterocycles. The summed E-state index contributed by atoms with van der Waals surface area (Å²) in [5, 5.41) is 8.61. The van der Waals surface area contributed by atoms with Gasteiger partial charge in [-0.05, 0) is 44.9 Å². The fourth-order valence-corrected chi connectivity index (χ4v) is 2.39. The molecule has 0 amide bonds. The zero-order valence-electron chi connectivity index (χ0n) is 15.3. The average Bonchev–Trinajstić information content (AvgIpc) is 3.35. The van der Waals surface area contributed by atoms with Gasteiger partial charge in [-0.3, -0.25) is 4.79 Å². The van der Waals surface area contributed by atoms with Crippen molar-refractivity contribution in [2.75, 3.05) is 0 Å². The zero-order chi connectivity index (χ0) is 18.2. The van der Waals surface area contributed by atoms with Crippen LogP contribution in [-0.4, -0.2) is 23.3 Å². The van der Waals surface area contributed by atoms with Crippen LogP contribution in [0.1, 0.15) is 58.3 Å². The number of rotatable bonds is 14. The Labute approximate surface area is 152 Å². The molecule has 1 fully saturated rings. The fourth-order valence-electron chi connectivity index (χ4n) is 2.39. The van der Waals surface area contributed by atoms with Crippen LogP contribution in [0.25, 0.3) is 0 Å². The first-order valence-electron chi connectivity index (χ1n) is 9.36. The maximum Gasteiger partial charge on any atom is 0.303 e. The third-order valence-electron chi connectivity index (χ3n) is 3.86. The maximum atomic E-state index is 10.5. The Bertz CT molecular complexity index is 497. The summed E-state index contributed by atoms with van der Waals surface area (Å²) in [5.74, 6) is -0.746.